The summed E-state index contributed by atoms with van der Waals surface area (Å²) < 4.78 is 0. The lowest BCUT2D eigenvalue weighted by molar-refractivity contribution is 0.463. The molecule has 2 heteroatoms. The average molecular weight is 625 g/mol. The molecular formula is C46H44N2. The second-order valence-electron chi connectivity index (χ2n) is 13.1. The van der Waals surface area contributed by atoms with Crippen LogP contribution in [0.25, 0.3) is 21.5 Å². The zero-order valence-electron chi connectivity index (χ0n) is 28.5. The number of para-hydroxylation sites is 1. The maximum Gasteiger partial charge on any atom is 0.0671 e. The largest absolute Gasteiger partial charge is 0.331 e. The van der Waals surface area contributed by atoms with Crippen molar-refractivity contribution in [3.8, 4) is 0 Å². The summed E-state index contributed by atoms with van der Waals surface area (Å²) in [4.78, 5) is 4.95. The number of benzene rings is 7. The van der Waals surface area contributed by atoms with Crippen molar-refractivity contribution in [1.82, 2.24) is 0 Å². The van der Waals surface area contributed by atoms with Gasteiger partial charge in [0.2, 0.25) is 0 Å². The molecular weight excluding hydrogens is 581 g/mol. The maximum absolute atomic E-state index is 2.52. The van der Waals surface area contributed by atoms with Gasteiger partial charge >= 0.3 is 0 Å². The highest BCUT2D eigenvalue weighted by molar-refractivity contribution is 6.04. The molecule has 0 spiro atoms. The summed E-state index contributed by atoms with van der Waals surface area (Å²) in [6.07, 6.45) is 2.09. The molecule has 0 saturated heterocycles. The van der Waals surface area contributed by atoms with E-state index in [-0.39, 0.29) is 5.54 Å². The second-order valence-corrected chi connectivity index (χ2v) is 13.1. The van der Waals surface area contributed by atoms with Gasteiger partial charge in [0.05, 0.1) is 16.9 Å². The predicted octanol–water partition coefficient (Wildman–Crippen LogP) is 13.4. The zero-order chi connectivity index (χ0) is 33.1. The molecule has 0 bridgehead atoms. The molecule has 2 unspecified atom stereocenters. The molecule has 0 N–H and O–H groups in total. The van der Waals surface area contributed by atoms with E-state index in [1.807, 2.05) is 0 Å². The van der Waals surface area contributed by atoms with Crippen molar-refractivity contribution in [2.75, 3.05) is 9.80 Å². The quantitative estimate of drug-likeness (QED) is 0.149. The first-order valence-corrected chi connectivity index (χ1v) is 17.3. The number of anilines is 5. The van der Waals surface area contributed by atoms with Crippen LogP contribution < -0.4 is 9.80 Å². The Morgan fingerprint density at radius 2 is 0.979 bits per heavy atom. The van der Waals surface area contributed by atoms with Crippen LogP contribution in [0.2, 0.25) is 0 Å². The molecule has 48 heavy (non-hydrogen) atoms. The fourth-order valence-electron chi connectivity index (χ4n) is 7.16. The van der Waals surface area contributed by atoms with Gasteiger partial charge in [-0.3, -0.25) is 0 Å². The lowest BCUT2D eigenvalue weighted by Crippen LogP contribution is -2.40. The van der Waals surface area contributed by atoms with Crippen LogP contribution in [0.1, 0.15) is 57.6 Å². The molecule has 0 aliphatic heterocycles. The Bertz CT molecular complexity index is 2040. The second kappa shape index (κ2) is 13.4. The summed E-state index contributed by atoms with van der Waals surface area (Å²) in [6.45, 7) is 9.25. The summed E-state index contributed by atoms with van der Waals surface area (Å²) in [5.41, 5.74) is 8.25. The van der Waals surface area contributed by atoms with Gasteiger partial charge in [-0.2, -0.15) is 0 Å². The average Bonchev–Trinajstić information content (AvgIpc) is 3.16. The van der Waals surface area contributed by atoms with Crippen LogP contribution >= 0.6 is 0 Å². The molecule has 0 heterocycles. The lowest BCUT2D eigenvalue weighted by atomic mass is 9.84. The Morgan fingerprint density at radius 1 is 0.500 bits per heavy atom. The molecule has 0 aliphatic carbocycles. The molecule has 0 amide bonds. The van der Waals surface area contributed by atoms with E-state index < -0.39 is 0 Å². The van der Waals surface area contributed by atoms with Crippen LogP contribution in [0, 0.1) is 0 Å². The van der Waals surface area contributed by atoms with E-state index in [9.17, 15) is 0 Å². The molecule has 7 rings (SSSR count). The molecule has 0 radical (unpaired) electrons. The highest BCUT2D eigenvalue weighted by atomic mass is 15.2. The minimum Gasteiger partial charge on any atom is -0.331 e. The third-order valence-corrected chi connectivity index (χ3v) is 10.3. The topological polar surface area (TPSA) is 6.48 Å². The molecule has 7 aromatic rings. The SMILES string of the molecule is CCC(C)c1ccc(C(C)(CC)N(c2ccccc2)c2ccc(N(c3cccc4ccccc34)c3cccc4ccccc34)cc2)cc1. The highest BCUT2D eigenvalue weighted by Crippen LogP contribution is 2.45. The van der Waals surface area contributed by atoms with Gasteiger partial charge in [-0.05, 0) is 96.1 Å². The summed E-state index contributed by atoms with van der Waals surface area (Å²) >= 11 is 0. The first-order valence-electron chi connectivity index (χ1n) is 17.3. The van der Waals surface area contributed by atoms with Crippen LogP contribution in [0.5, 0.6) is 0 Å². The van der Waals surface area contributed by atoms with E-state index in [4.69, 9.17) is 0 Å². The Morgan fingerprint density at radius 3 is 1.52 bits per heavy atom. The van der Waals surface area contributed by atoms with Crippen molar-refractivity contribution in [2.24, 2.45) is 0 Å². The van der Waals surface area contributed by atoms with Crippen LogP contribution in [-0.2, 0) is 5.54 Å². The van der Waals surface area contributed by atoms with Crippen molar-refractivity contribution in [3.05, 3.63) is 175 Å². The van der Waals surface area contributed by atoms with Gasteiger partial charge in [0.1, 0.15) is 0 Å². The standard InChI is InChI=1S/C46H44N2/c1-5-34(3)35-26-28-38(29-27-35)46(4,6-2)48(40-20-8-7-9-21-40)41-32-30-39(31-33-41)47(44-24-14-18-36-16-10-12-22-42(36)44)45-25-15-19-37-17-11-13-23-43(37)45/h7-34H,5-6H2,1-4H3. The summed E-state index contributed by atoms with van der Waals surface area (Å²) in [7, 11) is 0. The fraction of sp³-hybridized carbons (Fsp3) is 0.174. The molecule has 0 fully saturated rings. The van der Waals surface area contributed by atoms with E-state index in [0.717, 1.165) is 35.6 Å². The third kappa shape index (κ3) is 5.73. The Labute approximate surface area is 285 Å². The van der Waals surface area contributed by atoms with Gasteiger partial charge in [-0.25, -0.2) is 0 Å². The van der Waals surface area contributed by atoms with Crippen LogP contribution in [0.3, 0.4) is 0 Å². The molecule has 0 aliphatic rings. The van der Waals surface area contributed by atoms with Crippen molar-refractivity contribution < 1.29 is 0 Å². The number of nitrogens with zero attached hydrogens (tertiary/aromatic N) is 2. The maximum atomic E-state index is 2.52. The predicted molar refractivity (Wildman–Crippen MR) is 208 cm³/mol. The van der Waals surface area contributed by atoms with E-state index in [0.29, 0.717) is 5.92 Å². The third-order valence-electron chi connectivity index (χ3n) is 10.3. The molecule has 0 saturated carbocycles. The summed E-state index contributed by atoms with van der Waals surface area (Å²) in [6, 6.07) is 59.9. The minimum atomic E-state index is -0.262. The smallest absolute Gasteiger partial charge is 0.0671 e. The molecule has 238 valence electrons. The van der Waals surface area contributed by atoms with Crippen molar-refractivity contribution in [2.45, 2.75) is 52.0 Å². The van der Waals surface area contributed by atoms with Gasteiger partial charge in [-0.1, -0.05) is 136 Å². The number of hydrogen-bond acceptors (Lipinski definition) is 2. The van der Waals surface area contributed by atoms with E-state index in [2.05, 4.69) is 201 Å². The Hall–Kier alpha value is -5.34. The number of fused-ring (bicyclic) bond motifs is 2. The first kappa shape index (κ1) is 31.3. The summed E-state index contributed by atoms with van der Waals surface area (Å²) in [5, 5.41) is 4.90. The van der Waals surface area contributed by atoms with E-state index >= 15 is 0 Å². The Kier molecular flexibility index (Phi) is 8.74. The van der Waals surface area contributed by atoms with Gasteiger partial charge in [-0.15, -0.1) is 0 Å². The van der Waals surface area contributed by atoms with Gasteiger partial charge < -0.3 is 9.80 Å². The van der Waals surface area contributed by atoms with Crippen molar-refractivity contribution in [1.29, 1.82) is 0 Å². The molecule has 2 nitrogen and oxygen atoms in total. The van der Waals surface area contributed by atoms with E-state index in [1.165, 1.54) is 38.4 Å². The van der Waals surface area contributed by atoms with Gasteiger partial charge in [0.25, 0.3) is 0 Å². The van der Waals surface area contributed by atoms with Crippen LogP contribution in [0.4, 0.5) is 28.4 Å². The zero-order valence-corrected chi connectivity index (χ0v) is 28.5. The lowest BCUT2D eigenvalue weighted by Gasteiger charge is -2.43. The van der Waals surface area contributed by atoms with Crippen LogP contribution in [0.15, 0.2) is 164 Å². The minimum absolute atomic E-state index is 0.262. The fourth-order valence-corrected chi connectivity index (χ4v) is 7.16. The van der Waals surface area contributed by atoms with E-state index in [1.54, 1.807) is 0 Å². The van der Waals surface area contributed by atoms with Crippen molar-refractivity contribution >= 4 is 50.0 Å². The number of hydrogen-bond donors (Lipinski definition) is 0. The molecule has 2 atom stereocenters. The van der Waals surface area contributed by atoms with Crippen molar-refractivity contribution in [3.63, 3.8) is 0 Å². The monoisotopic (exact) mass is 624 g/mol. The normalized spacial score (nSPS) is 13.2. The number of rotatable bonds is 10. The molecule has 7 aromatic carbocycles. The van der Waals surface area contributed by atoms with Crippen LogP contribution in [-0.4, -0.2) is 0 Å². The van der Waals surface area contributed by atoms with Gasteiger partial charge in [0.15, 0.2) is 0 Å². The molecule has 0 aromatic heterocycles. The first-order chi connectivity index (χ1) is 23.5. The Balaban J connectivity index is 1.38. The summed E-state index contributed by atoms with van der Waals surface area (Å²) in [5.74, 6) is 0.552. The highest BCUT2D eigenvalue weighted by Gasteiger charge is 2.34. The van der Waals surface area contributed by atoms with Gasteiger partial charge in [0, 0.05) is 27.8 Å².